The molecule has 1 aromatic carbocycles. The number of amides is 2. The van der Waals surface area contributed by atoms with Crippen LogP contribution in [-0.2, 0) is 14.4 Å². The number of carbonyl (C=O) groups is 3. The summed E-state index contributed by atoms with van der Waals surface area (Å²) in [4.78, 5) is 39.2. The number of nitrogens with two attached hydrogens (primary N) is 1. The Labute approximate surface area is 110 Å². The molecule has 1 aliphatic heterocycles. The molecule has 100 valence electrons. The van der Waals surface area contributed by atoms with Crippen molar-refractivity contribution in [2.24, 2.45) is 5.73 Å². The summed E-state index contributed by atoms with van der Waals surface area (Å²) in [6.07, 6.45) is 0.158. The van der Waals surface area contributed by atoms with E-state index in [4.69, 9.17) is 10.6 Å². The fourth-order valence-electron chi connectivity index (χ4n) is 1.72. The van der Waals surface area contributed by atoms with Gasteiger partial charge in [0, 0.05) is 18.9 Å². The lowest BCUT2D eigenvalue weighted by atomic mass is 10.1. The van der Waals surface area contributed by atoms with Crippen molar-refractivity contribution < 1.29 is 19.2 Å². The molecule has 2 rings (SSSR count). The Kier molecular flexibility index (Phi) is 3.62. The lowest BCUT2D eigenvalue weighted by molar-refractivity contribution is -0.172. The lowest BCUT2D eigenvalue weighted by Crippen LogP contribution is -2.32. The maximum Gasteiger partial charge on any atom is 0.363 e. The van der Waals surface area contributed by atoms with E-state index in [9.17, 15) is 14.4 Å². The molecule has 2 amide bonds. The smallest absolute Gasteiger partial charge is 0.325 e. The van der Waals surface area contributed by atoms with Gasteiger partial charge in [-0.3, -0.25) is 9.59 Å². The van der Waals surface area contributed by atoms with Gasteiger partial charge in [-0.15, -0.1) is 5.06 Å². The normalized spacial score (nSPS) is 16.6. The van der Waals surface area contributed by atoms with E-state index in [-0.39, 0.29) is 24.4 Å². The summed E-state index contributed by atoms with van der Waals surface area (Å²) in [5, 5.41) is 0.530. The maximum absolute atomic E-state index is 11.8. The van der Waals surface area contributed by atoms with Crippen molar-refractivity contribution in [2.75, 3.05) is 0 Å². The first-order valence-corrected chi connectivity index (χ1v) is 5.92. The van der Waals surface area contributed by atoms with Crippen LogP contribution in [0.5, 0.6) is 0 Å². The van der Waals surface area contributed by atoms with E-state index >= 15 is 0 Å². The maximum atomic E-state index is 11.8. The Morgan fingerprint density at radius 2 is 1.74 bits per heavy atom. The third kappa shape index (κ3) is 2.79. The highest BCUT2D eigenvalue weighted by Crippen LogP contribution is 2.15. The van der Waals surface area contributed by atoms with Gasteiger partial charge in [-0.2, -0.15) is 0 Å². The first kappa shape index (κ1) is 13.2. The van der Waals surface area contributed by atoms with E-state index in [2.05, 4.69) is 0 Å². The largest absolute Gasteiger partial charge is 0.363 e. The van der Waals surface area contributed by atoms with Gasteiger partial charge in [-0.25, -0.2) is 4.79 Å². The highest BCUT2D eigenvalue weighted by atomic mass is 16.7. The van der Waals surface area contributed by atoms with E-state index in [1.54, 1.807) is 24.3 Å². The van der Waals surface area contributed by atoms with Gasteiger partial charge >= 0.3 is 5.97 Å². The zero-order valence-corrected chi connectivity index (χ0v) is 10.5. The molecule has 1 saturated heterocycles. The number of hydroxylamine groups is 2. The number of benzene rings is 1. The molecule has 0 bridgehead atoms. The van der Waals surface area contributed by atoms with Crippen LogP contribution in [0, 0.1) is 0 Å². The fourth-order valence-corrected chi connectivity index (χ4v) is 1.72. The Balaban J connectivity index is 2.07. The van der Waals surface area contributed by atoms with E-state index in [1.165, 1.54) is 0 Å². The summed E-state index contributed by atoms with van der Waals surface area (Å²) in [7, 11) is 0. The van der Waals surface area contributed by atoms with Crippen molar-refractivity contribution in [3.8, 4) is 0 Å². The van der Waals surface area contributed by atoms with Crippen LogP contribution in [0.2, 0.25) is 0 Å². The monoisotopic (exact) mass is 262 g/mol. The first-order chi connectivity index (χ1) is 8.99. The highest BCUT2D eigenvalue weighted by molar-refractivity contribution is 6.02. The predicted octanol–water partition coefficient (Wildman–Crippen LogP) is 0.927. The second-order valence-electron chi connectivity index (χ2n) is 4.37. The molecule has 1 unspecified atom stereocenters. The van der Waals surface area contributed by atoms with Crippen molar-refractivity contribution in [3.05, 3.63) is 35.4 Å². The molecule has 1 atom stereocenters. The average molecular weight is 262 g/mol. The number of nitrogens with zero attached hydrogens (tertiary/aromatic N) is 1. The third-order valence-electron chi connectivity index (χ3n) is 2.85. The van der Waals surface area contributed by atoms with Crippen LogP contribution in [0.1, 0.15) is 41.7 Å². The zero-order valence-electron chi connectivity index (χ0n) is 10.5. The number of carbonyl (C=O) groups excluding carboxylic acids is 3. The molecule has 2 N–H and O–H groups in total. The third-order valence-corrected chi connectivity index (χ3v) is 2.85. The standard InChI is InChI=1S/C13H14N2O4/c1-8(14)9-2-4-10(5-3-9)13(18)19-15-11(16)6-7-12(15)17/h2-5,8H,6-7,14H2,1H3. The molecular formula is C13H14N2O4. The Morgan fingerprint density at radius 1 is 1.21 bits per heavy atom. The van der Waals surface area contributed by atoms with E-state index < -0.39 is 17.8 Å². The molecule has 0 saturated carbocycles. The Morgan fingerprint density at radius 3 is 2.21 bits per heavy atom. The molecule has 1 fully saturated rings. The van der Waals surface area contributed by atoms with Crippen molar-refractivity contribution in [2.45, 2.75) is 25.8 Å². The molecule has 6 heteroatoms. The SMILES string of the molecule is CC(N)c1ccc(C(=O)ON2C(=O)CCC2=O)cc1. The van der Waals surface area contributed by atoms with Crippen LogP contribution in [0.3, 0.4) is 0 Å². The summed E-state index contributed by atoms with van der Waals surface area (Å²) in [5.41, 5.74) is 6.84. The molecule has 6 nitrogen and oxygen atoms in total. The summed E-state index contributed by atoms with van der Waals surface area (Å²) >= 11 is 0. The minimum Gasteiger partial charge on any atom is -0.325 e. The summed E-state index contributed by atoms with van der Waals surface area (Å²) in [5.74, 6) is -1.73. The van der Waals surface area contributed by atoms with Crippen molar-refractivity contribution >= 4 is 17.8 Å². The molecule has 0 radical (unpaired) electrons. The van der Waals surface area contributed by atoms with E-state index in [1.807, 2.05) is 6.92 Å². The van der Waals surface area contributed by atoms with Gasteiger partial charge in [-0.1, -0.05) is 12.1 Å². The minimum atomic E-state index is -0.736. The second-order valence-corrected chi connectivity index (χ2v) is 4.37. The van der Waals surface area contributed by atoms with Gasteiger partial charge < -0.3 is 10.6 Å². The molecule has 1 aliphatic rings. The molecule has 1 heterocycles. The van der Waals surface area contributed by atoms with Gasteiger partial charge in [-0.05, 0) is 24.6 Å². The highest BCUT2D eigenvalue weighted by Gasteiger charge is 2.33. The molecule has 1 aromatic rings. The lowest BCUT2D eigenvalue weighted by Gasteiger charge is -2.13. The first-order valence-electron chi connectivity index (χ1n) is 5.92. The van der Waals surface area contributed by atoms with Crippen LogP contribution in [0.4, 0.5) is 0 Å². The number of rotatable bonds is 3. The van der Waals surface area contributed by atoms with E-state index in [0.717, 1.165) is 5.56 Å². The van der Waals surface area contributed by atoms with Crippen molar-refractivity contribution in [1.29, 1.82) is 0 Å². The van der Waals surface area contributed by atoms with Gasteiger partial charge in [0.2, 0.25) is 0 Å². The number of hydrogen-bond acceptors (Lipinski definition) is 5. The van der Waals surface area contributed by atoms with Gasteiger partial charge in [0.25, 0.3) is 11.8 Å². The minimum absolute atomic E-state index is 0.0791. The summed E-state index contributed by atoms with van der Waals surface area (Å²) in [6.45, 7) is 1.83. The van der Waals surface area contributed by atoms with Crippen molar-refractivity contribution in [3.63, 3.8) is 0 Å². The van der Waals surface area contributed by atoms with Crippen LogP contribution in [0.25, 0.3) is 0 Å². The molecule has 19 heavy (non-hydrogen) atoms. The molecule has 0 spiro atoms. The second kappa shape index (κ2) is 5.19. The van der Waals surface area contributed by atoms with Crippen LogP contribution >= 0.6 is 0 Å². The average Bonchev–Trinajstić information content (AvgIpc) is 2.70. The molecule has 0 aromatic heterocycles. The predicted molar refractivity (Wildman–Crippen MR) is 65.5 cm³/mol. The zero-order chi connectivity index (χ0) is 14.0. The van der Waals surface area contributed by atoms with Gasteiger partial charge in [0.05, 0.1) is 5.56 Å². The van der Waals surface area contributed by atoms with Gasteiger partial charge in [0.1, 0.15) is 0 Å². The van der Waals surface area contributed by atoms with Crippen LogP contribution in [0.15, 0.2) is 24.3 Å². The number of hydrogen-bond donors (Lipinski definition) is 1. The van der Waals surface area contributed by atoms with Crippen molar-refractivity contribution in [1.82, 2.24) is 5.06 Å². The molecular weight excluding hydrogens is 248 g/mol. The summed E-state index contributed by atoms with van der Waals surface area (Å²) < 4.78 is 0. The Hall–Kier alpha value is -2.21. The quantitative estimate of drug-likeness (QED) is 0.818. The fraction of sp³-hybridized carbons (Fsp3) is 0.308. The topological polar surface area (TPSA) is 89.7 Å². The van der Waals surface area contributed by atoms with E-state index in [0.29, 0.717) is 5.06 Å². The van der Waals surface area contributed by atoms with Crippen LogP contribution < -0.4 is 5.73 Å². The molecule has 0 aliphatic carbocycles. The van der Waals surface area contributed by atoms with Crippen LogP contribution in [-0.4, -0.2) is 22.8 Å². The van der Waals surface area contributed by atoms with Gasteiger partial charge in [0.15, 0.2) is 0 Å². The Bertz CT molecular complexity index is 506. The number of imide groups is 1. The summed E-state index contributed by atoms with van der Waals surface area (Å²) in [6, 6.07) is 6.37.